The Bertz CT molecular complexity index is 771. The summed E-state index contributed by atoms with van der Waals surface area (Å²) in [4.78, 5) is 16.4. The molecular formula is C17H16N2O4. The van der Waals surface area contributed by atoms with Crippen molar-refractivity contribution in [1.82, 2.24) is 4.98 Å². The molecule has 1 aliphatic heterocycles. The van der Waals surface area contributed by atoms with Crippen LogP contribution in [-0.4, -0.2) is 22.7 Å². The molecule has 0 aliphatic carbocycles. The van der Waals surface area contributed by atoms with Gasteiger partial charge in [0.1, 0.15) is 17.1 Å². The van der Waals surface area contributed by atoms with E-state index in [1.165, 1.54) is 6.07 Å². The normalized spacial score (nSPS) is 16.5. The van der Waals surface area contributed by atoms with Crippen molar-refractivity contribution in [3.05, 3.63) is 65.3 Å². The molecule has 23 heavy (non-hydrogen) atoms. The minimum Gasteiger partial charge on any atom is -0.508 e. The van der Waals surface area contributed by atoms with E-state index < -0.39 is 11.9 Å². The Labute approximate surface area is 133 Å². The molecule has 1 aromatic carbocycles. The van der Waals surface area contributed by atoms with Gasteiger partial charge in [-0.1, -0.05) is 6.07 Å². The number of phenolic OH excluding ortho intramolecular Hbond substituents is 1. The molecule has 3 N–H and O–H groups in total. The summed E-state index contributed by atoms with van der Waals surface area (Å²) < 4.78 is 10.6. The summed E-state index contributed by atoms with van der Waals surface area (Å²) in [7, 11) is 0. The van der Waals surface area contributed by atoms with Gasteiger partial charge in [0.05, 0.1) is 12.5 Å². The topological polar surface area (TPSA) is 94.7 Å². The number of carbonyl (C=O) groups is 1. The first kappa shape index (κ1) is 14.9. The Morgan fingerprint density at radius 1 is 1.35 bits per heavy atom. The minimum atomic E-state index is -0.523. The molecule has 0 saturated heterocycles. The van der Waals surface area contributed by atoms with Crippen LogP contribution in [0.15, 0.2) is 54.2 Å². The second-order valence-electron chi connectivity index (χ2n) is 5.04. The summed E-state index contributed by atoms with van der Waals surface area (Å²) in [6, 6.07) is 8.33. The first-order chi connectivity index (χ1) is 11.1. The average Bonchev–Trinajstić information content (AvgIpc) is 2.54. The third kappa shape index (κ3) is 2.70. The maximum absolute atomic E-state index is 12.4. The maximum atomic E-state index is 12.4. The third-order valence-corrected chi connectivity index (χ3v) is 3.62. The van der Waals surface area contributed by atoms with Crippen LogP contribution in [0.5, 0.6) is 11.5 Å². The van der Waals surface area contributed by atoms with E-state index in [2.05, 4.69) is 4.98 Å². The van der Waals surface area contributed by atoms with Gasteiger partial charge in [0, 0.05) is 24.0 Å². The first-order valence-electron chi connectivity index (χ1n) is 7.19. The minimum absolute atomic E-state index is 0.0247. The molecule has 0 radical (unpaired) electrons. The fourth-order valence-corrected chi connectivity index (χ4v) is 2.65. The van der Waals surface area contributed by atoms with Crippen molar-refractivity contribution >= 4 is 5.97 Å². The number of ether oxygens (including phenoxy) is 2. The van der Waals surface area contributed by atoms with E-state index in [-0.39, 0.29) is 23.8 Å². The van der Waals surface area contributed by atoms with Gasteiger partial charge in [-0.2, -0.15) is 0 Å². The number of nitrogens with two attached hydrogens (primary N) is 1. The van der Waals surface area contributed by atoms with E-state index in [1.54, 1.807) is 43.6 Å². The Morgan fingerprint density at radius 2 is 2.09 bits per heavy atom. The van der Waals surface area contributed by atoms with E-state index in [1.807, 2.05) is 0 Å². The summed E-state index contributed by atoms with van der Waals surface area (Å²) in [5.74, 6) is -0.516. The van der Waals surface area contributed by atoms with Crippen LogP contribution in [0.25, 0.3) is 0 Å². The summed E-state index contributed by atoms with van der Waals surface area (Å²) in [6.45, 7) is 1.97. The number of rotatable bonds is 3. The molecule has 0 bridgehead atoms. The number of pyridine rings is 1. The molecule has 0 amide bonds. The smallest absolute Gasteiger partial charge is 0.340 e. The molecule has 1 aromatic heterocycles. The van der Waals surface area contributed by atoms with Gasteiger partial charge in [0.25, 0.3) is 0 Å². The molecule has 0 saturated carbocycles. The molecule has 0 fully saturated rings. The highest BCUT2D eigenvalue weighted by Crippen LogP contribution is 2.43. The van der Waals surface area contributed by atoms with Gasteiger partial charge < -0.3 is 20.3 Å². The quantitative estimate of drug-likeness (QED) is 0.842. The molecule has 6 heteroatoms. The van der Waals surface area contributed by atoms with Crippen LogP contribution < -0.4 is 10.5 Å². The van der Waals surface area contributed by atoms with Crippen molar-refractivity contribution < 1.29 is 19.4 Å². The molecule has 6 nitrogen and oxygen atoms in total. The molecule has 118 valence electrons. The number of esters is 1. The number of hydrogen-bond donors (Lipinski definition) is 2. The van der Waals surface area contributed by atoms with Gasteiger partial charge in [0.2, 0.25) is 5.88 Å². The lowest BCUT2D eigenvalue weighted by Crippen LogP contribution is -2.27. The second-order valence-corrected chi connectivity index (χ2v) is 5.04. The van der Waals surface area contributed by atoms with E-state index in [9.17, 15) is 9.90 Å². The fourth-order valence-electron chi connectivity index (χ4n) is 2.65. The predicted molar refractivity (Wildman–Crippen MR) is 82.7 cm³/mol. The van der Waals surface area contributed by atoms with E-state index in [0.29, 0.717) is 5.75 Å². The van der Waals surface area contributed by atoms with Crippen LogP contribution >= 0.6 is 0 Å². The van der Waals surface area contributed by atoms with Crippen LogP contribution in [0.4, 0.5) is 0 Å². The van der Waals surface area contributed by atoms with Gasteiger partial charge in [-0.25, -0.2) is 4.79 Å². The molecule has 1 atom stereocenters. The molecule has 2 aromatic rings. The van der Waals surface area contributed by atoms with Gasteiger partial charge in [0.15, 0.2) is 0 Å². The number of hydrogen-bond acceptors (Lipinski definition) is 6. The highest BCUT2D eigenvalue weighted by atomic mass is 16.5. The van der Waals surface area contributed by atoms with Gasteiger partial charge in [-0.3, -0.25) is 4.98 Å². The SMILES string of the molecule is CCOC(=O)C1=C(N)Oc2cc(O)ccc2C1c1ccncc1. The Morgan fingerprint density at radius 3 is 2.78 bits per heavy atom. The molecular weight excluding hydrogens is 296 g/mol. The lowest BCUT2D eigenvalue weighted by molar-refractivity contribution is -0.139. The van der Waals surface area contributed by atoms with Crippen LogP contribution in [0.3, 0.4) is 0 Å². The van der Waals surface area contributed by atoms with Gasteiger partial charge >= 0.3 is 5.97 Å². The average molecular weight is 312 g/mol. The highest BCUT2D eigenvalue weighted by Gasteiger charge is 2.35. The number of phenols is 1. The van der Waals surface area contributed by atoms with Crippen LogP contribution in [0, 0.1) is 0 Å². The summed E-state index contributed by atoms with van der Waals surface area (Å²) in [6.07, 6.45) is 3.29. The summed E-state index contributed by atoms with van der Waals surface area (Å²) in [5.41, 5.74) is 7.77. The zero-order valence-electron chi connectivity index (χ0n) is 12.5. The monoisotopic (exact) mass is 312 g/mol. The molecule has 3 rings (SSSR count). The second kappa shape index (κ2) is 6.00. The van der Waals surface area contributed by atoms with E-state index >= 15 is 0 Å². The van der Waals surface area contributed by atoms with Crippen LogP contribution in [-0.2, 0) is 9.53 Å². The van der Waals surface area contributed by atoms with Gasteiger partial charge in [-0.05, 0) is 30.7 Å². The number of fused-ring (bicyclic) bond motifs is 1. The first-order valence-corrected chi connectivity index (χ1v) is 7.19. The van der Waals surface area contributed by atoms with Crippen LogP contribution in [0.2, 0.25) is 0 Å². The van der Waals surface area contributed by atoms with Crippen molar-refractivity contribution in [2.24, 2.45) is 5.73 Å². The Hall–Kier alpha value is -3.02. The fraction of sp³-hybridized carbons (Fsp3) is 0.176. The number of benzene rings is 1. The summed E-state index contributed by atoms with van der Waals surface area (Å²) >= 11 is 0. The zero-order chi connectivity index (χ0) is 16.4. The molecule has 0 spiro atoms. The third-order valence-electron chi connectivity index (χ3n) is 3.62. The van der Waals surface area contributed by atoms with Crippen molar-refractivity contribution in [3.8, 4) is 11.5 Å². The number of nitrogens with zero attached hydrogens (tertiary/aromatic N) is 1. The van der Waals surface area contributed by atoms with Crippen molar-refractivity contribution in [1.29, 1.82) is 0 Å². The molecule has 1 unspecified atom stereocenters. The van der Waals surface area contributed by atoms with Crippen LogP contribution in [0.1, 0.15) is 24.0 Å². The number of aromatic nitrogens is 1. The lowest BCUT2D eigenvalue weighted by Gasteiger charge is -2.28. The van der Waals surface area contributed by atoms with Crippen molar-refractivity contribution in [3.63, 3.8) is 0 Å². The highest BCUT2D eigenvalue weighted by molar-refractivity contribution is 5.92. The summed E-state index contributed by atoms with van der Waals surface area (Å²) in [5, 5.41) is 9.65. The Balaban J connectivity index is 2.18. The van der Waals surface area contributed by atoms with E-state index in [0.717, 1.165) is 11.1 Å². The lowest BCUT2D eigenvalue weighted by atomic mass is 9.83. The Kier molecular flexibility index (Phi) is 3.89. The van der Waals surface area contributed by atoms with Crippen molar-refractivity contribution in [2.45, 2.75) is 12.8 Å². The standard InChI is InChI=1S/C17H16N2O4/c1-2-22-17(21)15-14(10-5-7-19-8-6-10)12-4-3-11(20)9-13(12)23-16(15)18/h3-9,14,20H,2,18H2,1H3. The van der Waals surface area contributed by atoms with Crippen molar-refractivity contribution in [2.75, 3.05) is 6.61 Å². The van der Waals surface area contributed by atoms with Gasteiger partial charge in [-0.15, -0.1) is 0 Å². The number of carbonyl (C=O) groups excluding carboxylic acids is 1. The molecule has 2 heterocycles. The number of aromatic hydroxyl groups is 1. The largest absolute Gasteiger partial charge is 0.508 e. The maximum Gasteiger partial charge on any atom is 0.340 e. The van der Waals surface area contributed by atoms with E-state index in [4.69, 9.17) is 15.2 Å². The molecule has 1 aliphatic rings. The zero-order valence-corrected chi connectivity index (χ0v) is 12.5. The predicted octanol–water partition coefficient (Wildman–Crippen LogP) is 2.04.